The first-order valence-electron chi connectivity index (χ1n) is 8.37. The zero-order chi connectivity index (χ0) is 19.3. The van der Waals surface area contributed by atoms with Crippen molar-refractivity contribution < 1.29 is 23.8 Å². The molecule has 0 unspecified atom stereocenters. The summed E-state index contributed by atoms with van der Waals surface area (Å²) in [5.41, 5.74) is 3.40. The van der Waals surface area contributed by atoms with Gasteiger partial charge in [0.25, 0.3) is 0 Å². The van der Waals surface area contributed by atoms with Gasteiger partial charge in [0, 0.05) is 5.56 Å². The van der Waals surface area contributed by atoms with E-state index < -0.39 is 12.1 Å². The van der Waals surface area contributed by atoms with Gasteiger partial charge in [-0.15, -0.1) is 0 Å². The second kappa shape index (κ2) is 8.52. The zero-order valence-corrected chi connectivity index (χ0v) is 15.8. The lowest BCUT2D eigenvalue weighted by molar-refractivity contribution is -0.145. The Morgan fingerprint density at radius 3 is 2.23 bits per heavy atom. The topological polar surface area (TPSA) is 61.8 Å². The molecule has 2 aromatic rings. The van der Waals surface area contributed by atoms with Crippen LogP contribution in [0.5, 0.6) is 11.5 Å². The Hall–Kier alpha value is -2.82. The summed E-state index contributed by atoms with van der Waals surface area (Å²) in [7, 11) is 3.08. The number of benzene rings is 2. The second-order valence-corrected chi connectivity index (χ2v) is 6.16. The monoisotopic (exact) mass is 356 g/mol. The fourth-order valence-corrected chi connectivity index (χ4v) is 2.58. The Kier molecular flexibility index (Phi) is 6.39. The Morgan fingerprint density at radius 2 is 1.62 bits per heavy atom. The number of rotatable bonds is 7. The van der Waals surface area contributed by atoms with E-state index in [4.69, 9.17) is 14.2 Å². The van der Waals surface area contributed by atoms with Crippen molar-refractivity contribution in [2.24, 2.45) is 0 Å². The first-order valence-corrected chi connectivity index (χ1v) is 8.37. The number of ketones is 1. The van der Waals surface area contributed by atoms with E-state index in [9.17, 15) is 9.59 Å². The molecule has 0 saturated heterocycles. The first kappa shape index (κ1) is 19.5. The molecule has 0 aliphatic heterocycles. The molecule has 1 atom stereocenters. The summed E-state index contributed by atoms with van der Waals surface area (Å²) in [4.78, 5) is 24.7. The van der Waals surface area contributed by atoms with Crippen LogP contribution in [-0.2, 0) is 16.0 Å². The predicted molar refractivity (Wildman–Crippen MR) is 99.1 cm³/mol. The van der Waals surface area contributed by atoms with E-state index in [0.29, 0.717) is 17.1 Å². The lowest BCUT2D eigenvalue weighted by atomic mass is 10.0. The maximum absolute atomic E-state index is 12.5. The minimum absolute atomic E-state index is 0.0465. The molecule has 138 valence electrons. The summed E-state index contributed by atoms with van der Waals surface area (Å²) in [6, 6.07) is 10.7. The maximum atomic E-state index is 12.5. The summed E-state index contributed by atoms with van der Waals surface area (Å²) in [5, 5.41) is 0. The summed E-state index contributed by atoms with van der Waals surface area (Å²) >= 11 is 0. The molecule has 5 heteroatoms. The van der Waals surface area contributed by atoms with E-state index in [1.165, 1.54) is 7.11 Å². The highest BCUT2D eigenvalue weighted by atomic mass is 16.5. The quantitative estimate of drug-likeness (QED) is 0.559. The highest BCUT2D eigenvalue weighted by molar-refractivity contribution is 6.00. The smallest absolute Gasteiger partial charge is 0.310 e. The van der Waals surface area contributed by atoms with Gasteiger partial charge in [-0.05, 0) is 55.7 Å². The molecule has 0 aliphatic rings. The largest absolute Gasteiger partial charge is 0.493 e. The SMILES string of the molecule is COc1ccc(CC(=O)O[C@H](C)C(=O)c2ccc(C)c(C)c2)cc1OC. The van der Waals surface area contributed by atoms with Crippen LogP contribution in [0.3, 0.4) is 0 Å². The number of methoxy groups -OCH3 is 2. The van der Waals surface area contributed by atoms with Crippen molar-refractivity contribution in [2.45, 2.75) is 33.3 Å². The van der Waals surface area contributed by atoms with E-state index in [-0.39, 0.29) is 12.2 Å². The van der Waals surface area contributed by atoms with Gasteiger partial charge >= 0.3 is 5.97 Å². The van der Waals surface area contributed by atoms with Crippen LogP contribution in [0.15, 0.2) is 36.4 Å². The normalized spacial score (nSPS) is 11.6. The number of esters is 1. The van der Waals surface area contributed by atoms with E-state index >= 15 is 0 Å². The molecule has 2 rings (SSSR count). The van der Waals surface area contributed by atoms with Crippen molar-refractivity contribution >= 4 is 11.8 Å². The van der Waals surface area contributed by atoms with Crippen LogP contribution in [0.25, 0.3) is 0 Å². The molecule has 0 aromatic heterocycles. The van der Waals surface area contributed by atoms with E-state index in [0.717, 1.165) is 16.7 Å². The number of carbonyl (C=O) groups excluding carboxylic acids is 2. The van der Waals surface area contributed by atoms with Gasteiger partial charge in [0.2, 0.25) is 5.78 Å². The van der Waals surface area contributed by atoms with Crippen LogP contribution in [0, 0.1) is 13.8 Å². The molecule has 26 heavy (non-hydrogen) atoms. The number of ether oxygens (including phenoxy) is 3. The van der Waals surface area contributed by atoms with Crippen LogP contribution < -0.4 is 9.47 Å². The fourth-order valence-electron chi connectivity index (χ4n) is 2.58. The van der Waals surface area contributed by atoms with Crippen molar-refractivity contribution in [1.29, 1.82) is 0 Å². The third-order valence-corrected chi connectivity index (χ3v) is 4.27. The van der Waals surface area contributed by atoms with Crippen molar-refractivity contribution in [2.75, 3.05) is 14.2 Å². The summed E-state index contributed by atoms with van der Waals surface area (Å²) < 4.78 is 15.7. The van der Waals surface area contributed by atoms with Gasteiger partial charge in [0.1, 0.15) is 0 Å². The summed E-state index contributed by atoms with van der Waals surface area (Å²) in [5.74, 6) is 0.440. The van der Waals surface area contributed by atoms with Gasteiger partial charge in [-0.25, -0.2) is 0 Å². The van der Waals surface area contributed by atoms with Crippen LogP contribution >= 0.6 is 0 Å². The minimum Gasteiger partial charge on any atom is -0.493 e. The predicted octanol–water partition coefficient (Wildman–Crippen LogP) is 3.68. The van der Waals surface area contributed by atoms with Gasteiger partial charge in [0.05, 0.1) is 20.6 Å². The minimum atomic E-state index is -0.843. The Balaban J connectivity index is 2.02. The molecule has 0 N–H and O–H groups in total. The molecule has 5 nitrogen and oxygen atoms in total. The molecule has 0 aliphatic carbocycles. The molecule has 0 saturated carbocycles. The number of aryl methyl sites for hydroxylation is 2. The van der Waals surface area contributed by atoms with Crippen molar-refractivity contribution in [3.05, 3.63) is 58.7 Å². The molecule has 0 radical (unpaired) electrons. The average Bonchev–Trinajstić information content (AvgIpc) is 2.63. The molecule has 2 aromatic carbocycles. The van der Waals surface area contributed by atoms with E-state index in [1.54, 1.807) is 38.3 Å². The lowest BCUT2D eigenvalue weighted by Crippen LogP contribution is -2.25. The summed E-state index contributed by atoms with van der Waals surface area (Å²) in [6.07, 6.45) is -0.796. The third kappa shape index (κ3) is 4.63. The van der Waals surface area contributed by atoms with Gasteiger partial charge in [0.15, 0.2) is 17.6 Å². The average molecular weight is 356 g/mol. The number of hydrogen-bond donors (Lipinski definition) is 0. The van der Waals surface area contributed by atoms with Gasteiger partial charge in [-0.3, -0.25) is 9.59 Å². The standard InChI is InChI=1S/C21H24O5/c1-13-6-8-17(10-14(13)2)21(23)15(3)26-20(22)12-16-7-9-18(24-4)19(11-16)25-5/h6-11,15H,12H2,1-5H3/t15-/m1/s1. The Labute approximate surface area is 153 Å². The maximum Gasteiger partial charge on any atom is 0.310 e. The van der Waals surface area contributed by atoms with Crippen molar-refractivity contribution in [3.8, 4) is 11.5 Å². The van der Waals surface area contributed by atoms with Crippen LogP contribution in [-0.4, -0.2) is 32.1 Å². The third-order valence-electron chi connectivity index (χ3n) is 4.27. The fraction of sp³-hybridized carbons (Fsp3) is 0.333. The highest BCUT2D eigenvalue weighted by Crippen LogP contribution is 2.27. The van der Waals surface area contributed by atoms with Crippen LogP contribution in [0.4, 0.5) is 0 Å². The van der Waals surface area contributed by atoms with Gasteiger partial charge in [-0.1, -0.05) is 18.2 Å². The second-order valence-electron chi connectivity index (χ2n) is 6.16. The van der Waals surface area contributed by atoms with Crippen molar-refractivity contribution in [3.63, 3.8) is 0 Å². The van der Waals surface area contributed by atoms with Crippen LogP contribution in [0.1, 0.15) is 34.0 Å². The van der Waals surface area contributed by atoms with Gasteiger partial charge in [-0.2, -0.15) is 0 Å². The molecule has 0 spiro atoms. The van der Waals surface area contributed by atoms with Crippen LogP contribution in [0.2, 0.25) is 0 Å². The highest BCUT2D eigenvalue weighted by Gasteiger charge is 2.20. The Morgan fingerprint density at radius 1 is 0.923 bits per heavy atom. The number of hydrogen-bond acceptors (Lipinski definition) is 5. The molecule has 0 fully saturated rings. The molecular formula is C21H24O5. The van der Waals surface area contributed by atoms with E-state index in [2.05, 4.69) is 0 Å². The summed E-state index contributed by atoms with van der Waals surface area (Å²) in [6.45, 7) is 5.51. The molecular weight excluding hydrogens is 332 g/mol. The molecule has 0 amide bonds. The first-order chi connectivity index (χ1) is 12.3. The van der Waals surface area contributed by atoms with Crippen molar-refractivity contribution in [1.82, 2.24) is 0 Å². The van der Waals surface area contributed by atoms with E-state index in [1.807, 2.05) is 26.0 Å². The van der Waals surface area contributed by atoms with Gasteiger partial charge < -0.3 is 14.2 Å². The zero-order valence-electron chi connectivity index (χ0n) is 15.8. The molecule has 0 heterocycles. The molecule has 0 bridgehead atoms. The number of Topliss-reactive ketones (excluding diaryl/α,β-unsaturated/α-hetero) is 1. The lowest BCUT2D eigenvalue weighted by Gasteiger charge is -2.14. The Bertz CT molecular complexity index is 810. The number of carbonyl (C=O) groups is 2.